The van der Waals surface area contributed by atoms with E-state index in [1.165, 1.54) is 28.8 Å². The highest BCUT2D eigenvalue weighted by Crippen LogP contribution is 2.29. The number of benzene rings is 2. The monoisotopic (exact) mass is 435 g/mol. The SMILES string of the molecule is COC(=O)c1[nH]c2ccc(C)cc2c1NC(=O)C[NH+]1CCN(c2cc(C)ccc2C)CC1. The van der Waals surface area contributed by atoms with Crippen molar-refractivity contribution in [2.75, 3.05) is 50.1 Å². The number of rotatable bonds is 5. The molecule has 0 saturated carbocycles. The summed E-state index contributed by atoms with van der Waals surface area (Å²) >= 11 is 0. The van der Waals surface area contributed by atoms with Crippen molar-refractivity contribution in [3.63, 3.8) is 0 Å². The molecule has 0 aliphatic carbocycles. The number of hydrogen-bond acceptors (Lipinski definition) is 4. The number of nitrogens with one attached hydrogen (secondary N) is 3. The van der Waals surface area contributed by atoms with Crippen LogP contribution in [0.15, 0.2) is 36.4 Å². The van der Waals surface area contributed by atoms with Gasteiger partial charge in [-0.1, -0.05) is 23.8 Å². The molecule has 1 saturated heterocycles. The average molecular weight is 436 g/mol. The first-order chi connectivity index (χ1) is 15.4. The van der Waals surface area contributed by atoms with Gasteiger partial charge in [-0.15, -0.1) is 0 Å². The number of H-pyrrole nitrogens is 1. The zero-order valence-electron chi connectivity index (χ0n) is 19.2. The predicted octanol–water partition coefficient (Wildman–Crippen LogP) is 2.22. The standard InChI is InChI=1S/C25H30N4O3/c1-16-6-8-20-19(13-16)23(24(26-20)25(31)32-4)27-22(30)15-28-9-11-29(12-10-28)21-14-17(2)5-7-18(21)3/h5-8,13-14,26H,9-12,15H2,1-4H3,(H,27,30)/p+1. The predicted molar refractivity (Wildman–Crippen MR) is 127 cm³/mol. The molecule has 0 spiro atoms. The van der Waals surface area contributed by atoms with Crippen LogP contribution in [-0.4, -0.2) is 56.7 Å². The number of piperazine rings is 1. The summed E-state index contributed by atoms with van der Waals surface area (Å²) in [6.45, 7) is 10.2. The van der Waals surface area contributed by atoms with Gasteiger partial charge in [-0.25, -0.2) is 4.79 Å². The number of carbonyl (C=O) groups excluding carboxylic acids is 2. The van der Waals surface area contributed by atoms with Gasteiger partial charge in [0.05, 0.1) is 39.0 Å². The van der Waals surface area contributed by atoms with Crippen LogP contribution in [0.5, 0.6) is 0 Å². The molecule has 2 heterocycles. The smallest absolute Gasteiger partial charge is 0.356 e. The van der Waals surface area contributed by atoms with Crippen molar-refractivity contribution < 1.29 is 19.2 Å². The lowest BCUT2D eigenvalue weighted by Gasteiger charge is -2.34. The van der Waals surface area contributed by atoms with Crippen LogP contribution in [0.4, 0.5) is 11.4 Å². The Bertz CT molecular complexity index is 1160. The molecular formula is C25H31N4O3+. The molecule has 1 aliphatic heterocycles. The van der Waals surface area contributed by atoms with Gasteiger partial charge < -0.3 is 24.8 Å². The Balaban J connectivity index is 1.44. The van der Waals surface area contributed by atoms with Crippen LogP contribution in [0.3, 0.4) is 0 Å². The molecule has 32 heavy (non-hydrogen) atoms. The maximum Gasteiger partial charge on any atom is 0.356 e. The number of anilines is 2. The van der Waals surface area contributed by atoms with Gasteiger partial charge in [0.15, 0.2) is 6.54 Å². The second-order valence-corrected chi connectivity index (χ2v) is 8.67. The van der Waals surface area contributed by atoms with Crippen LogP contribution in [0.25, 0.3) is 10.9 Å². The Morgan fingerprint density at radius 2 is 1.75 bits per heavy atom. The molecule has 0 atom stereocenters. The summed E-state index contributed by atoms with van der Waals surface area (Å²) in [4.78, 5) is 31.9. The average Bonchev–Trinajstić information content (AvgIpc) is 3.13. The summed E-state index contributed by atoms with van der Waals surface area (Å²) < 4.78 is 4.91. The number of aromatic amines is 1. The second kappa shape index (κ2) is 9.04. The minimum Gasteiger partial charge on any atom is -0.464 e. The van der Waals surface area contributed by atoms with E-state index in [0.717, 1.165) is 42.6 Å². The third-order valence-corrected chi connectivity index (χ3v) is 6.19. The molecule has 1 fully saturated rings. The zero-order valence-corrected chi connectivity index (χ0v) is 19.2. The Morgan fingerprint density at radius 3 is 2.47 bits per heavy atom. The number of hydrogen-bond donors (Lipinski definition) is 3. The third kappa shape index (κ3) is 4.48. The molecule has 3 N–H and O–H groups in total. The first-order valence-corrected chi connectivity index (χ1v) is 11.0. The number of esters is 1. The molecular weight excluding hydrogens is 404 g/mol. The number of aryl methyl sites for hydroxylation is 3. The minimum atomic E-state index is -0.497. The molecule has 1 amide bonds. The fourth-order valence-corrected chi connectivity index (χ4v) is 4.40. The van der Waals surface area contributed by atoms with E-state index in [0.29, 0.717) is 12.2 Å². The van der Waals surface area contributed by atoms with E-state index in [1.807, 2.05) is 25.1 Å². The summed E-state index contributed by atoms with van der Waals surface area (Å²) in [5, 5.41) is 3.79. The number of methoxy groups -OCH3 is 1. The molecule has 1 aromatic heterocycles. The molecule has 7 heteroatoms. The summed E-state index contributed by atoms with van der Waals surface area (Å²) in [7, 11) is 1.34. The van der Waals surface area contributed by atoms with Crippen molar-refractivity contribution in [2.45, 2.75) is 20.8 Å². The van der Waals surface area contributed by atoms with Crippen LogP contribution in [0, 0.1) is 20.8 Å². The van der Waals surface area contributed by atoms with Crippen molar-refractivity contribution in [3.05, 3.63) is 58.8 Å². The molecule has 0 radical (unpaired) electrons. The summed E-state index contributed by atoms with van der Waals surface area (Å²) in [6, 6.07) is 12.4. The van der Waals surface area contributed by atoms with Gasteiger partial charge in [0.2, 0.25) is 0 Å². The van der Waals surface area contributed by atoms with Crippen LogP contribution in [-0.2, 0) is 9.53 Å². The largest absolute Gasteiger partial charge is 0.464 e. The van der Waals surface area contributed by atoms with E-state index < -0.39 is 5.97 Å². The lowest BCUT2D eigenvalue weighted by Crippen LogP contribution is -3.15. The first kappa shape index (κ1) is 21.9. The van der Waals surface area contributed by atoms with Crippen LogP contribution in [0.2, 0.25) is 0 Å². The van der Waals surface area contributed by atoms with Crippen LogP contribution >= 0.6 is 0 Å². The number of ether oxygens (including phenoxy) is 1. The second-order valence-electron chi connectivity index (χ2n) is 8.67. The number of fused-ring (bicyclic) bond motifs is 1. The summed E-state index contributed by atoms with van der Waals surface area (Å²) in [6.07, 6.45) is 0. The van der Waals surface area contributed by atoms with Gasteiger partial charge in [-0.05, 0) is 50.1 Å². The molecule has 0 bridgehead atoms. The van der Waals surface area contributed by atoms with E-state index in [9.17, 15) is 9.59 Å². The number of nitrogens with zero attached hydrogens (tertiary/aromatic N) is 1. The fraction of sp³-hybridized carbons (Fsp3) is 0.360. The number of amides is 1. The van der Waals surface area contributed by atoms with E-state index in [1.54, 1.807) is 0 Å². The highest BCUT2D eigenvalue weighted by Gasteiger charge is 2.25. The van der Waals surface area contributed by atoms with Crippen molar-refractivity contribution in [3.8, 4) is 0 Å². The lowest BCUT2D eigenvalue weighted by atomic mass is 10.1. The number of carbonyl (C=O) groups is 2. The summed E-state index contributed by atoms with van der Waals surface area (Å²) in [5.74, 6) is -0.601. The molecule has 2 aromatic carbocycles. The van der Waals surface area contributed by atoms with Gasteiger partial charge in [-0.2, -0.15) is 0 Å². The maximum absolute atomic E-state index is 12.9. The Labute approximate surface area is 188 Å². The van der Waals surface area contributed by atoms with E-state index >= 15 is 0 Å². The molecule has 1 aliphatic rings. The van der Waals surface area contributed by atoms with Gasteiger partial charge in [0.1, 0.15) is 5.69 Å². The Kier molecular flexibility index (Phi) is 6.19. The molecule has 7 nitrogen and oxygen atoms in total. The van der Waals surface area contributed by atoms with Gasteiger partial charge in [0.25, 0.3) is 5.91 Å². The van der Waals surface area contributed by atoms with Crippen molar-refractivity contribution in [1.29, 1.82) is 0 Å². The highest BCUT2D eigenvalue weighted by molar-refractivity contribution is 6.11. The van der Waals surface area contributed by atoms with Crippen molar-refractivity contribution >= 4 is 34.2 Å². The van der Waals surface area contributed by atoms with Gasteiger partial charge >= 0.3 is 5.97 Å². The minimum absolute atomic E-state index is 0.104. The van der Waals surface area contributed by atoms with E-state index in [-0.39, 0.29) is 11.6 Å². The number of quaternary nitrogens is 1. The first-order valence-electron chi connectivity index (χ1n) is 11.0. The topological polar surface area (TPSA) is 78.9 Å². The van der Waals surface area contributed by atoms with Crippen LogP contribution < -0.4 is 15.1 Å². The van der Waals surface area contributed by atoms with Crippen molar-refractivity contribution in [1.82, 2.24) is 4.98 Å². The number of aromatic nitrogens is 1. The van der Waals surface area contributed by atoms with Gasteiger partial charge in [0, 0.05) is 16.6 Å². The highest BCUT2D eigenvalue weighted by atomic mass is 16.5. The zero-order chi connectivity index (χ0) is 22.8. The lowest BCUT2D eigenvalue weighted by molar-refractivity contribution is -0.892. The molecule has 168 valence electrons. The normalized spacial score (nSPS) is 14.6. The van der Waals surface area contributed by atoms with E-state index in [4.69, 9.17) is 4.74 Å². The Hall–Kier alpha value is -3.32. The van der Waals surface area contributed by atoms with Crippen molar-refractivity contribution in [2.24, 2.45) is 0 Å². The fourth-order valence-electron chi connectivity index (χ4n) is 4.40. The molecule has 0 unspecified atom stereocenters. The molecule has 3 aromatic rings. The molecule has 4 rings (SSSR count). The third-order valence-electron chi connectivity index (χ3n) is 6.19. The quantitative estimate of drug-likeness (QED) is 0.537. The Morgan fingerprint density at radius 1 is 1.06 bits per heavy atom. The maximum atomic E-state index is 12.9. The van der Waals surface area contributed by atoms with E-state index in [2.05, 4.69) is 47.2 Å². The van der Waals surface area contributed by atoms with Crippen LogP contribution in [0.1, 0.15) is 27.2 Å². The van der Waals surface area contributed by atoms with Gasteiger partial charge in [-0.3, -0.25) is 4.79 Å². The summed E-state index contributed by atoms with van der Waals surface area (Å²) in [5.41, 5.74) is 6.44.